The smallest absolute Gasteiger partial charge is 0.311 e. The van der Waals surface area contributed by atoms with Gasteiger partial charge >= 0.3 is 11.9 Å². The molecular formula is C14H17BrO4. The highest BCUT2D eigenvalue weighted by atomic mass is 79.9. The Morgan fingerprint density at radius 2 is 1.63 bits per heavy atom. The fourth-order valence-corrected chi connectivity index (χ4v) is 1.72. The number of carbonyl (C=O) groups is 2. The summed E-state index contributed by atoms with van der Waals surface area (Å²) in [7, 11) is 0. The molecule has 0 heterocycles. The minimum absolute atomic E-state index is 0.219. The van der Waals surface area contributed by atoms with Crippen molar-refractivity contribution < 1.29 is 19.1 Å². The highest BCUT2D eigenvalue weighted by Crippen LogP contribution is 2.16. The van der Waals surface area contributed by atoms with Crippen LogP contribution in [0.15, 0.2) is 28.7 Å². The fourth-order valence-electron chi connectivity index (χ4n) is 1.46. The molecule has 1 rings (SSSR count). The van der Waals surface area contributed by atoms with Crippen LogP contribution < -0.4 is 4.74 Å². The average molecular weight is 329 g/mol. The minimum Gasteiger partial charge on any atom is -0.466 e. The summed E-state index contributed by atoms with van der Waals surface area (Å²) < 4.78 is 10.9. The van der Waals surface area contributed by atoms with Crippen LogP contribution in [0.25, 0.3) is 0 Å². The van der Waals surface area contributed by atoms with Crippen LogP contribution in [-0.2, 0) is 14.3 Å². The molecule has 0 amide bonds. The maximum atomic E-state index is 11.5. The summed E-state index contributed by atoms with van der Waals surface area (Å²) in [5, 5.41) is 0. The molecule has 0 radical (unpaired) electrons. The molecule has 1 aromatic rings. The molecule has 0 spiro atoms. The zero-order chi connectivity index (χ0) is 14.1. The third-order valence-corrected chi connectivity index (χ3v) is 2.89. The molecule has 1 aromatic carbocycles. The second kappa shape index (κ2) is 8.69. The van der Waals surface area contributed by atoms with Crippen LogP contribution in [0.3, 0.4) is 0 Å². The number of esters is 2. The summed E-state index contributed by atoms with van der Waals surface area (Å²) in [5.41, 5.74) is 0. The zero-order valence-electron chi connectivity index (χ0n) is 10.9. The molecule has 0 aliphatic rings. The van der Waals surface area contributed by atoms with E-state index in [2.05, 4.69) is 15.9 Å². The van der Waals surface area contributed by atoms with Gasteiger partial charge in [0.05, 0.1) is 6.61 Å². The summed E-state index contributed by atoms with van der Waals surface area (Å²) in [6.45, 7) is 2.16. The third-order valence-electron chi connectivity index (χ3n) is 2.36. The Labute approximate surface area is 121 Å². The molecular weight excluding hydrogens is 312 g/mol. The van der Waals surface area contributed by atoms with Crippen LogP contribution in [0.5, 0.6) is 5.75 Å². The molecule has 0 unspecified atom stereocenters. The Kier molecular flexibility index (Phi) is 7.18. The van der Waals surface area contributed by atoms with Crippen LogP contribution in [0.4, 0.5) is 0 Å². The maximum Gasteiger partial charge on any atom is 0.311 e. The molecule has 0 saturated heterocycles. The second-order valence-corrected chi connectivity index (χ2v) is 4.86. The van der Waals surface area contributed by atoms with E-state index in [0.717, 1.165) is 4.47 Å². The van der Waals surface area contributed by atoms with Gasteiger partial charge < -0.3 is 9.47 Å². The number of hydrogen-bond donors (Lipinski definition) is 0. The Morgan fingerprint density at radius 1 is 1.05 bits per heavy atom. The van der Waals surface area contributed by atoms with Crippen molar-refractivity contribution in [2.24, 2.45) is 0 Å². The third kappa shape index (κ3) is 6.96. The zero-order valence-corrected chi connectivity index (χ0v) is 12.4. The molecule has 0 fully saturated rings. The molecule has 0 atom stereocenters. The quantitative estimate of drug-likeness (QED) is 0.437. The Hall–Kier alpha value is -1.36. The van der Waals surface area contributed by atoms with Crippen LogP contribution in [-0.4, -0.2) is 18.5 Å². The van der Waals surface area contributed by atoms with E-state index in [9.17, 15) is 9.59 Å². The highest BCUT2D eigenvalue weighted by molar-refractivity contribution is 9.10. The van der Waals surface area contributed by atoms with Crippen LogP contribution in [0.2, 0.25) is 0 Å². The first-order valence-corrected chi connectivity index (χ1v) is 7.03. The molecule has 0 saturated carbocycles. The van der Waals surface area contributed by atoms with Gasteiger partial charge in [-0.2, -0.15) is 0 Å². The van der Waals surface area contributed by atoms with Gasteiger partial charge in [0, 0.05) is 17.3 Å². The Bertz CT molecular complexity index is 414. The standard InChI is InChI=1S/C14H17BrO4/c1-2-18-13(16)5-3-4-6-14(17)19-12-9-7-11(15)8-10-12/h7-10H,2-6H2,1H3. The van der Waals surface area contributed by atoms with Gasteiger partial charge in [0.1, 0.15) is 5.75 Å². The number of hydrogen-bond acceptors (Lipinski definition) is 4. The molecule has 0 bridgehead atoms. The summed E-state index contributed by atoms with van der Waals surface area (Å²) >= 11 is 3.30. The van der Waals surface area contributed by atoms with Crippen molar-refractivity contribution in [2.45, 2.75) is 32.6 Å². The summed E-state index contributed by atoms with van der Waals surface area (Å²) in [4.78, 5) is 22.6. The molecule has 0 aliphatic heterocycles. The monoisotopic (exact) mass is 328 g/mol. The first-order valence-electron chi connectivity index (χ1n) is 6.23. The lowest BCUT2D eigenvalue weighted by atomic mass is 10.2. The van der Waals surface area contributed by atoms with Gasteiger partial charge in [-0.25, -0.2) is 0 Å². The van der Waals surface area contributed by atoms with E-state index < -0.39 is 0 Å². The normalized spacial score (nSPS) is 10.0. The van der Waals surface area contributed by atoms with Gasteiger partial charge in [0.15, 0.2) is 0 Å². The Morgan fingerprint density at radius 3 is 2.21 bits per heavy atom. The molecule has 0 aromatic heterocycles. The average Bonchev–Trinajstić information content (AvgIpc) is 2.38. The van der Waals surface area contributed by atoms with Gasteiger partial charge in [-0.3, -0.25) is 9.59 Å². The van der Waals surface area contributed by atoms with Crippen molar-refractivity contribution in [3.63, 3.8) is 0 Å². The molecule has 4 nitrogen and oxygen atoms in total. The van der Waals surface area contributed by atoms with Crippen molar-refractivity contribution in [3.05, 3.63) is 28.7 Å². The van der Waals surface area contributed by atoms with Crippen molar-refractivity contribution >= 4 is 27.9 Å². The second-order valence-electron chi connectivity index (χ2n) is 3.94. The molecule has 0 N–H and O–H groups in total. The van der Waals surface area contributed by atoms with Crippen LogP contribution in [0.1, 0.15) is 32.6 Å². The number of ether oxygens (including phenoxy) is 2. The fraction of sp³-hybridized carbons (Fsp3) is 0.429. The number of rotatable bonds is 7. The lowest BCUT2D eigenvalue weighted by Crippen LogP contribution is -2.08. The van der Waals surface area contributed by atoms with Gasteiger partial charge in [0.2, 0.25) is 0 Å². The van der Waals surface area contributed by atoms with E-state index in [-0.39, 0.29) is 11.9 Å². The van der Waals surface area contributed by atoms with Gasteiger partial charge in [-0.05, 0) is 44.0 Å². The van der Waals surface area contributed by atoms with Crippen molar-refractivity contribution in [1.29, 1.82) is 0 Å². The largest absolute Gasteiger partial charge is 0.466 e. The lowest BCUT2D eigenvalue weighted by Gasteiger charge is -2.04. The topological polar surface area (TPSA) is 52.6 Å². The molecule has 5 heteroatoms. The van der Waals surface area contributed by atoms with E-state index in [1.165, 1.54) is 0 Å². The number of halogens is 1. The molecule has 19 heavy (non-hydrogen) atoms. The summed E-state index contributed by atoms with van der Waals surface area (Å²) in [5.74, 6) is 0.0218. The van der Waals surface area contributed by atoms with E-state index in [1.807, 2.05) is 12.1 Å². The van der Waals surface area contributed by atoms with E-state index in [1.54, 1.807) is 19.1 Å². The summed E-state index contributed by atoms with van der Waals surface area (Å²) in [6.07, 6.45) is 1.90. The number of benzene rings is 1. The number of carbonyl (C=O) groups excluding carboxylic acids is 2. The molecule has 104 valence electrons. The van der Waals surface area contributed by atoms with Crippen LogP contribution in [0, 0.1) is 0 Å². The van der Waals surface area contributed by atoms with E-state index in [0.29, 0.717) is 38.0 Å². The minimum atomic E-state index is -0.286. The lowest BCUT2D eigenvalue weighted by molar-refractivity contribution is -0.143. The van der Waals surface area contributed by atoms with Gasteiger partial charge in [-0.1, -0.05) is 15.9 Å². The highest BCUT2D eigenvalue weighted by Gasteiger charge is 2.06. The van der Waals surface area contributed by atoms with E-state index in [4.69, 9.17) is 9.47 Å². The van der Waals surface area contributed by atoms with Crippen molar-refractivity contribution in [2.75, 3.05) is 6.61 Å². The first kappa shape index (κ1) is 15.7. The van der Waals surface area contributed by atoms with Crippen molar-refractivity contribution in [1.82, 2.24) is 0 Å². The predicted molar refractivity (Wildman–Crippen MR) is 74.9 cm³/mol. The number of unbranched alkanes of at least 4 members (excludes halogenated alkanes) is 1. The molecule has 0 aliphatic carbocycles. The van der Waals surface area contributed by atoms with Gasteiger partial charge in [-0.15, -0.1) is 0 Å². The summed E-state index contributed by atoms with van der Waals surface area (Å²) in [6, 6.07) is 7.06. The predicted octanol–water partition coefficient (Wildman–Crippen LogP) is 3.48. The van der Waals surface area contributed by atoms with E-state index >= 15 is 0 Å². The van der Waals surface area contributed by atoms with Crippen molar-refractivity contribution in [3.8, 4) is 5.75 Å². The van der Waals surface area contributed by atoms with Gasteiger partial charge in [0.25, 0.3) is 0 Å². The SMILES string of the molecule is CCOC(=O)CCCCC(=O)Oc1ccc(Br)cc1. The van der Waals surface area contributed by atoms with Crippen LogP contribution >= 0.6 is 15.9 Å². The maximum absolute atomic E-state index is 11.5. The first-order chi connectivity index (χ1) is 9.11. The Balaban J connectivity index is 2.18.